The quantitative estimate of drug-likeness (QED) is 0.825. The summed E-state index contributed by atoms with van der Waals surface area (Å²) in [5.74, 6) is 0.579. The normalized spacial score (nSPS) is 16.3. The number of nitrogens with one attached hydrogen (secondary N) is 1. The van der Waals surface area contributed by atoms with E-state index < -0.39 is 0 Å². The number of methoxy groups -OCH3 is 1. The minimum Gasteiger partial charge on any atom is -0.495 e. The molecule has 0 atom stereocenters. The zero-order chi connectivity index (χ0) is 11.5. The molecule has 1 fully saturated rings. The second-order valence-corrected chi connectivity index (χ2v) is 4.01. The number of piperazine rings is 1. The summed E-state index contributed by atoms with van der Waals surface area (Å²) in [5, 5.41) is 3.27. The van der Waals surface area contributed by atoms with Crippen molar-refractivity contribution in [1.82, 2.24) is 5.32 Å². The average molecular weight is 224 g/mol. The van der Waals surface area contributed by atoms with Crippen LogP contribution in [0.4, 0.5) is 10.1 Å². The third-order valence-corrected chi connectivity index (χ3v) is 2.92. The van der Waals surface area contributed by atoms with Crippen LogP contribution in [0.2, 0.25) is 0 Å². The number of hydrogen-bond donors (Lipinski definition) is 1. The van der Waals surface area contributed by atoms with Crippen molar-refractivity contribution in [2.75, 3.05) is 38.2 Å². The Balaban J connectivity index is 2.33. The number of aryl methyl sites for hydroxylation is 1. The van der Waals surface area contributed by atoms with Gasteiger partial charge in [-0.05, 0) is 18.6 Å². The van der Waals surface area contributed by atoms with Crippen LogP contribution in [0.3, 0.4) is 0 Å². The van der Waals surface area contributed by atoms with Crippen molar-refractivity contribution in [2.24, 2.45) is 0 Å². The third-order valence-electron chi connectivity index (χ3n) is 2.92. The Hall–Kier alpha value is -1.29. The Morgan fingerprint density at radius 1 is 1.31 bits per heavy atom. The Morgan fingerprint density at radius 2 is 2.00 bits per heavy atom. The van der Waals surface area contributed by atoms with Gasteiger partial charge in [0.1, 0.15) is 11.6 Å². The first-order valence-electron chi connectivity index (χ1n) is 5.52. The molecule has 1 aliphatic heterocycles. The first kappa shape index (κ1) is 11.2. The zero-order valence-corrected chi connectivity index (χ0v) is 9.72. The van der Waals surface area contributed by atoms with Crippen LogP contribution in [-0.2, 0) is 0 Å². The number of nitrogens with zero attached hydrogens (tertiary/aromatic N) is 1. The SMILES string of the molecule is COc1cc(C)c(F)cc1N1CCNCC1. The van der Waals surface area contributed by atoms with E-state index in [1.54, 1.807) is 26.2 Å². The van der Waals surface area contributed by atoms with Gasteiger partial charge in [0.15, 0.2) is 0 Å². The number of rotatable bonds is 2. The molecule has 1 aromatic rings. The molecule has 0 saturated carbocycles. The van der Waals surface area contributed by atoms with Crippen molar-refractivity contribution >= 4 is 5.69 Å². The van der Waals surface area contributed by atoms with E-state index in [1.165, 1.54) is 0 Å². The molecule has 0 aliphatic carbocycles. The maximum absolute atomic E-state index is 13.6. The second kappa shape index (κ2) is 4.70. The third kappa shape index (κ3) is 2.11. The van der Waals surface area contributed by atoms with Gasteiger partial charge in [-0.25, -0.2) is 4.39 Å². The Morgan fingerprint density at radius 3 is 2.62 bits per heavy atom. The summed E-state index contributed by atoms with van der Waals surface area (Å²) >= 11 is 0. The lowest BCUT2D eigenvalue weighted by molar-refractivity contribution is 0.411. The van der Waals surface area contributed by atoms with E-state index in [0.717, 1.165) is 37.6 Å². The van der Waals surface area contributed by atoms with Crippen LogP contribution in [0.15, 0.2) is 12.1 Å². The van der Waals surface area contributed by atoms with Gasteiger partial charge in [0.05, 0.1) is 12.8 Å². The Labute approximate surface area is 95.2 Å². The summed E-state index contributed by atoms with van der Waals surface area (Å²) in [6.45, 7) is 5.38. The minimum absolute atomic E-state index is 0.172. The van der Waals surface area contributed by atoms with Crippen LogP contribution >= 0.6 is 0 Å². The maximum atomic E-state index is 13.6. The topological polar surface area (TPSA) is 24.5 Å². The van der Waals surface area contributed by atoms with Gasteiger partial charge in [-0.2, -0.15) is 0 Å². The molecule has 4 heteroatoms. The van der Waals surface area contributed by atoms with E-state index in [0.29, 0.717) is 5.56 Å². The number of hydrogen-bond acceptors (Lipinski definition) is 3. The molecule has 1 aliphatic rings. The molecule has 0 amide bonds. The van der Waals surface area contributed by atoms with Crippen molar-refractivity contribution in [3.8, 4) is 5.75 Å². The standard InChI is InChI=1S/C12H17FN2O/c1-9-7-12(16-2)11(8-10(9)13)15-5-3-14-4-6-15/h7-8,14H,3-6H2,1-2H3. The lowest BCUT2D eigenvalue weighted by Gasteiger charge is -2.30. The number of halogens is 1. The lowest BCUT2D eigenvalue weighted by atomic mass is 10.1. The largest absolute Gasteiger partial charge is 0.495 e. The molecule has 0 spiro atoms. The first-order chi connectivity index (χ1) is 7.72. The monoisotopic (exact) mass is 224 g/mol. The molecule has 0 aromatic heterocycles. The molecule has 1 heterocycles. The minimum atomic E-state index is -0.172. The van der Waals surface area contributed by atoms with Crippen molar-refractivity contribution in [3.63, 3.8) is 0 Å². The van der Waals surface area contributed by atoms with Crippen LogP contribution in [0.25, 0.3) is 0 Å². The lowest BCUT2D eigenvalue weighted by Crippen LogP contribution is -2.43. The fourth-order valence-electron chi connectivity index (χ4n) is 1.96. The number of anilines is 1. The van der Waals surface area contributed by atoms with Crippen LogP contribution in [0.1, 0.15) is 5.56 Å². The zero-order valence-electron chi connectivity index (χ0n) is 9.72. The maximum Gasteiger partial charge on any atom is 0.142 e. The van der Waals surface area contributed by atoms with Gasteiger partial charge in [-0.15, -0.1) is 0 Å². The molecular weight excluding hydrogens is 207 g/mol. The van der Waals surface area contributed by atoms with Crippen LogP contribution < -0.4 is 15.0 Å². The predicted octanol–water partition coefficient (Wildman–Crippen LogP) is 1.55. The number of benzene rings is 1. The van der Waals surface area contributed by atoms with Gasteiger partial charge in [-0.3, -0.25) is 0 Å². The average Bonchev–Trinajstić information content (AvgIpc) is 2.33. The fourth-order valence-corrected chi connectivity index (χ4v) is 1.96. The van der Waals surface area contributed by atoms with E-state index in [1.807, 2.05) is 0 Å². The van der Waals surface area contributed by atoms with Crippen molar-refractivity contribution < 1.29 is 9.13 Å². The van der Waals surface area contributed by atoms with Crippen LogP contribution in [-0.4, -0.2) is 33.3 Å². The molecule has 3 nitrogen and oxygen atoms in total. The van der Waals surface area contributed by atoms with Crippen molar-refractivity contribution in [2.45, 2.75) is 6.92 Å². The van der Waals surface area contributed by atoms with Crippen molar-refractivity contribution in [1.29, 1.82) is 0 Å². The summed E-state index contributed by atoms with van der Waals surface area (Å²) < 4.78 is 18.9. The highest BCUT2D eigenvalue weighted by atomic mass is 19.1. The predicted molar refractivity (Wildman–Crippen MR) is 62.8 cm³/mol. The second-order valence-electron chi connectivity index (χ2n) is 4.01. The summed E-state index contributed by atoms with van der Waals surface area (Å²) in [7, 11) is 1.62. The molecule has 88 valence electrons. The van der Waals surface area contributed by atoms with Crippen LogP contribution in [0, 0.1) is 12.7 Å². The van der Waals surface area contributed by atoms with Gasteiger partial charge < -0.3 is 15.0 Å². The highest BCUT2D eigenvalue weighted by Gasteiger charge is 2.16. The Kier molecular flexibility index (Phi) is 3.29. The summed E-state index contributed by atoms with van der Waals surface area (Å²) in [6, 6.07) is 3.33. The van der Waals surface area contributed by atoms with E-state index in [4.69, 9.17) is 4.74 Å². The molecule has 1 saturated heterocycles. The molecule has 0 unspecified atom stereocenters. The van der Waals surface area contributed by atoms with E-state index >= 15 is 0 Å². The van der Waals surface area contributed by atoms with Gasteiger partial charge in [0.2, 0.25) is 0 Å². The van der Waals surface area contributed by atoms with Gasteiger partial charge in [0.25, 0.3) is 0 Å². The summed E-state index contributed by atoms with van der Waals surface area (Å²) in [4.78, 5) is 2.15. The summed E-state index contributed by atoms with van der Waals surface area (Å²) in [6.07, 6.45) is 0. The Bertz CT molecular complexity index is 376. The van der Waals surface area contributed by atoms with Gasteiger partial charge in [0, 0.05) is 32.2 Å². The molecular formula is C12H17FN2O. The van der Waals surface area contributed by atoms with Gasteiger partial charge in [-0.1, -0.05) is 0 Å². The molecule has 2 rings (SSSR count). The number of ether oxygens (including phenoxy) is 1. The van der Waals surface area contributed by atoms with E-state index in [9.17, 15) is 4.39 Å². The smallest absolute Gasteiger partial charge is 0.142 e. The molecule has 16 heavy (non-hydrogen) atoms. The first-order valence-corrected chi connectivity index (χ1v) is 5.52. The van der Waals surface area contributed by atoms with Gasteiger partial charge >= 0.3 is 0 Å². The molecule has 1 N–H and O–H groups in total. The fraction of sp³-hybridized carbons (Fsp3) is 0.500. The molecule has 0 bridgehead atoms. The summed E-state index contributed by atoms with van der Waals surface area (Å²) in [5.41, 5.74) is 1.47. The van der Waals surface area contributed by atoms with Crippen molar-refractivity contribution in [3.05, 3.63) is 23.5 Å². The van der Waals surface area contributed by atoms with Crippen LogP contribution in [0.5, 0.6) is 5.75 Å². The van der Waals surface area contributed by atoms with E-state index in [-0.39, 0.29) is 5.82 Å². The molecule has 1 aromatic carbocycles. The highest BCUT2D eigenvalue weighted by Crippen LogP contribution is 2.31. The molecule has 0 radical (unpaired) electrons. The highest BCUT2D eigenvalue weighted by molar-refractivity contribution is 5.60. The van der Waals surface area contributed by atoms with E-state index in [2.05, 4.69) is 10.2 Å².